The maximum absolute atomic E-state index is 11.4. The van der Waals surface area contributed by atoms with Crippen LogP contribution in [0.2, 0.25) is 0 Å². The molecule has 0 saturated carbocycles. The van der Waals surface area contributed by atoms with Crippen molar-refractivity contribution in [2.45, 2.75) is 13.0 Å². The van der Waals surface area contributed by atoms with Gasteiger partial charge in [0, 0.05) is 25.8 Å². The Morgan fingerprint density at radius 2 is 2.54 bits per heavy atom. The molecule has 0 aromatic carbocycles. The molecule has 0 aliphatic heterocycles. The van der Waals surface area contributed by atoms with Crippen LogP contribution in [0.15, 0.2) is 12.4 Å². The second-order valence-corrected chi connectivity index (χ2v) is 3.01. The van der Waals surface area contributed by atoms with Crippen molar-refractivity contribution < 1.29 is 4.79 Å². The maximum atomic E-state index is 11.4. The fourth-order valence-electron chi connectivity index (χ4n) is 0.905. The lowest BCUT2D eigenvalue weighted by Gasteiger charge is -2.09. The SMILES string of the molecule is C[C@@H](CN)NC(=O)c1cnn(C)c1. The molecule has 0 fully saturated rings. The van der Waals surface area contributed by atoms with E-state index in [1.807, 2.05) is 6.92 Å². The first-order valence-corrected chi connectivity index (χ1v) is 4.13. The van der Waals surface area contributed by atoms with Crippen molar-refractivity contribution >= 4 is 5.91 Å². The first-order chi connectivity index (χ1) is 6.13. The molecule has 0 spiro atoms. The van der Waals surface area contributed by atoms with Gasteiger partial charge in [-0.2, -0.15) is 5.10 Å². The minimum absolute atomic E-state index is 0.00675. The molecule has 5 heteroatoms. The van der Waals surface area contributed by atoms with Gasteiger partial charge in [0.05, 0.1) is 11.8 Å². The lowest BCUT2D eigenvalue weighted by Crippen LogP contribution is -2.37. The van der Waals surface area contributed by atoms with Crippen LogP contribution in [0, 0.1) is 0 Å². The fourth-order valence-corrected chi connectivity index (χ4v) is 0.905. The maximum Gasteiger partial charge on any atom is 0.254 e. The molecule has 5 nitrogen and oxygen atoms in total. The number of aryl methyl sites for hydroxylation is 1. The van der Waals surface area contributed by atoms with Gasteiger partial charge in [0.25, 0.3) is 5.91 Å². The second kappa shape index (κ2) is 4.04. The Kier molecular flexibility index (Phi) is 3.02. The molecule has 1 amide bonds. The molecule has 0 saturated heterocycles. The van der Waals surface area contributed by atoms with Gasteiger partial charge < -0.3 is 11.1 Å². The third kappa shape index (κ3) is 2.55. The summed E-state index contributed by atoms with van der Waals surface area (Å²) < 4.78 is 1.59. The van der Waals surface area contributed by atoms with Crippen molar-refractivity contribution in [3.8, 4) is 0 Å². The number of hydrogen-bond acceptors (Lipinski definition) is 3. The van der Waals surface area contributed by atoms with E-state index in [9.17, 15) is 4.79 Å². The molecular formula is C8H14N4O. The van der Waals surface area contributed by atoms with E-state index in [4.69, 9.17) is 5.73 Å². The highest BCUT2D eigenvalue weighted by molar-refractivity contribution is 5.93. The molecule has 0 aliphatic carbocycles. The zero-order chi connectivity index (χ0) is 9.84. The summed E-state index contributed by atoms with van der Waals surface area (Å²) in [6.45, 7) is 2.29. The molecule has 0 radical (unpaired) electrons. The van der Waals surface area contributed by atoms with Gasteiger partial charge in [-0.05, 0) is 6.92 Å². The van der Waals surface area contributed by atoms with E-state index in [2.05, 4.69) is 10.4 Å². The number of nitrogens with two attached hydrogens (primary N) is 1. The average Bonchev–Trinajstić information content (AvgIpc) is 2.51. The highest BCUT2D eigenvalue weighted by Crippen LogP contribution is 1.96. The van der Waals surface area contributed by atoms with Gasteiger partial charge in [0.15, 0.2) is 0 Å². The molecule has 1 aromatic heterocycles. The Balaban J connectivity index is 2.58. The first-order valence-electron chi connectivity index (χ1n) is 4.13. The molecule has 72 valence electrons. The number of aromatic nitrogens is 2. The summed E-state index contributed by atoms with van der Waals surface area (Å²) in [7, 11) is 1.77. The third-order valence-electron chi connectivity index (χ3n) is 1.70. The summed E-state index contributed by atoms with van der Waals surface area (Å²) in [4.78, 5) is 11.4. The summed E-state index contributed by atoms with van der Waals surface area (Å²) >= 11 is 0. The Morgan fingerprint density at radius 1 is 1.85 bits per heavy atom. The van der Waals surface area contributed by atoms with Crippen LogP contribution in [0.25, 0.3) is 0 Å². The van der Waals surface area contributed by atoms with Crippen LogP contribution in [0.4, 0.5) is 0 Å². The van der Waals surface area contributed by atoms with Crippen molar-refractivity contribution in [2.24, 2.45) is 12.8 Å². The highest BCUT2D eigenvalue weighted by Gasteiger charge is 2.09. The molecular weight excluding hydrogens is 168 g/mol. The Bertz CT molecular complexity index is 294. The van der Waals surface area contributed by atoms with Gasteiger partial charge in [-0.15, -0.1) is 0 Å². The van der Waals surface area contributed by atoms with Gasteiger partial charge >= 0.3 is 0 Å². The summed E-state index contributed by atoms with van der Waals surface area (Å²) in [5.41, 5.74) is 5.93. The molecule has 1 heterocycles. The molecule has 0 aliphatic rings. The lowest BCUT2D eigenvalue weighted by atomic mass is 10.3. The van der Waals surface area contributed by atoms with Gasteiger partial charge in [-0.3, -0.25) is 9.48 Å². The third-order valence-corrected chi connectivity index (χ3v) is 1.70. The smallest absolute Gasteiger partial charge is 0.254 e. The minimum atomic E-state index is -0.133. The van der Waals surface area contributed by atoms with Crippen molar-refractivity contribution in [1.29, 1.82) is 0 Å². The Morgan fingerprint density at radius 3 is 3.00 bits per heavy atom. The first kappa shape index (κ1) is 9.73. The van der Waals surface area contributed by atoms with E-state index in [0.717, 1.165) is 0 Å². The van der Waals surface area contributed by atoms with Crippen LogP contribution in [0.5, 0.6) is 0 Å². The zero-order valence-corrected chi connectivity index (χ0v) is 7.82. The molecule has 1 aromatic rings. The highest BCUT2D eigenvalue weighted by atomic mass is 16.1. The molecule has 3 N–H and O–H groups in total. The largest absolute Gasteiger partial charge is 0.348 e. The van der Waals surface area contributed by atoms with E-state index >= 15 is 0 Å². The monoisotopic (exact) mass is 182 g/mol. The average molecular weight is 182 g/mol. The number of carbonyl (C=O) groups excluding carboxylic acids is 1. The number of rotatable bonds is 3. The summed E-state index contributed by atoms with van der Waals surface area (Å²) in [6, 6.07) is -0.00675. The van der Waals surface area contributed by atoms with Crippen LogP contribution in [-0.2, 0) is 7.05 Å². The van der Waals surface area contributed by atoms with E-state index in [1.54, 1.807) is 17.9 Å². The summed E-state index contributed by atoms with van der Waals surface area (Å²) in [5, 5.41) is 6.64. The van der Waals surface area contributed by atoms with Gasteiger partial charge in [-0.1, -0.05) is 0 Å². The van der Waals surface area contributed by atoms with E-state index in [0.29, 0.717) is 12.1 Å². The lowest BCUT2D eigenvalue weighted by molar-refractivity contribution is 0.0941. The zero-order valence-electron chi connectivity index (χ0n) is 7.82. The number of carbonyl (C=O) groups is 1. The van der Waals surface area contributed by atoms with Crippen LogP contribution in [0.1, 0.15) is 17.3 Å². The standard InChI is InChI=1S/C8H14N4O/c1-6(3-9)11-8(13)7-4-10-12(2)5-7/h4-6H,3,9H2,1-2H3,(H,11,13)/t6-/m0/s1. The quantitative estimate of drug-likeness (QED) is 0.661. The van der Waals surface area contributed by atoms with E-state index < -0.39 is 0 Å². The number of nitrogens with one attached hydrogen (secondary N) is 1. The predicted octanol–water partition coefficient (Wildman–Crippen LogP) is -0.503. The fraction of sp³-hybridized carbons (Fsp3) is 0.500. The molecule has 1 rings (SSSR count). The summed E-state index contributed by atoms with van der Waals surface area (Å²) in [6.07, 6.45) is 3.19. The van der Waals surface area contributed by atoms with E-state index in [1.165, 1.54) is 6.20 Å². The number of hydrogen-bond donors (Lipinski definition) is 2. The predicted molar refractivity (Wildman–Crippen MR) is 49.2 cm³/mol. The molecule has 13 heavy (non-hydrogen) atoms. The number of amides is 1. The van der Waals surface area contributed by atoms with Crippen LogP contribution in [-0.4, -0.2) is 28.3 Å². The van der Waals surface area contributed by atoms with Crippen LogP contribution in [0.3, 0.4) is 0 Å². The van der Waals surface area contributed by atoms with Crippen LogP contribution >= 0.6 is 0 Å². The van der Waals surface area contributed by atoms with Crippen LogP contribution < -0.4 is 11.1 Å². The second-order valence-electron chi connectivity index (χ2n) is 3.01. The molecule has 0 bridgehead atoms. The topological polar surface area (TPSA) is 72.9 Å². The van der Waals surface area contributed by atoms with Crippen molar-refractivity contribution in [2.75, 3.05) is 6.54 Å². The van der Waals surface area contributed by atoms with E-state index in [-0.39, 0.29) is 11.9 Å². The normalized spacial score (nSPS) is 12.5. The van der Waals surface area contributed by atoms with Gasteiger partial charge in [0.1, 0.15) is 0 Å². The minimum Gasteiger partial charge on any atom is -0.348 e. The Hall–Kier alpha value is -1.36. The Labute approximate surface area is 76.9 Å². The molecule has 0 unspecified atom stereocenters. The van der Waals surface area contributed by atoms with Crippen molar-refractivity contribution in [3.05, 3.63) is 18.0 Å². The number of nitrogens with zero attached hydrogens (tertiary/aromatic N) is 2. The van der Waals surface area contributed by atoms with Crippen molar-refractivity contribution in [3.63, 3.8) is 0 Å². The van der Waals surface area contributed by atoms with Gasteiger partial charge in [-0.25, -0.2) is 0 Å². The van der Waals surface area contributed by atoms with Gasteiger partial charge in [0.2, 0.25) is 0 Å². The summed E-state index contributed by atoms with van der Waals surface area (Å²) in [5.74, 6) is -0.133. The van der Waals surface area contributed by atoms with Crippen molar-refractivity contribution in [1.82, 2.24) is 15.1 Å². The molecule has 1 atom stereocenters.